The number of esters is 1. The fourth-order valence-corrected chi connectivity index (χ4v) is 5.50. The number of ether oxygens (including phenoxy) is 3. The summed E-state index contributed by atoms with van der Waals surface area (Å²) >= 11 is 13.6. The molecular formula is C27H26Cl2N2O5S. The van der Waals surface area contributed by atoms with Gasteiger partial charge in [-0.1, -0.05) is 58.8 Å². The molecule has 1 aliphatic heterocycles. The number of aromatic nitrogens is 1. The van der Waals surface area contributed by atoms with Gasteiger partial charge in [0.05, 0.1) is 28.5 Å². The normalized spacial score (nSPS) is 15.5. The van der Waals surface area contributed by atoms with Gasteiger partial charge in [-0.3, -0.25) is 9.36 Å². The Balaban J connectivity index is 1.94. The van der Waals surface area contributed by atoms with Crippen molar-refractivity contribution in [1.82, 2.24) is 4.57 Å². The Morgan fingerprint density at radius 1 is 1.19 bits per heavy atom. The Labute approximate surface area is 228 Å². The van der Waals surface area contributed by atoms with E-state index in [4.69, 9.17) is 37.4 Å². The largest absolute Gasteiger partial charge is 0.491 e. The van der Waals surface area contributed by atoms with Gasteiger partial charge in [0.25, 0.3) is 5.56 Å². The second-order valence-corrected chi connectivity index (χ2v) is 10.4. The van der Waals surface area contributed by atoms with Crippen LogP contribution in [0.3, 0.4) is 0 Å². The van der Waals surface area contributed by atoms with Crippen LogP contribution in [0.25, 0.3) is 6.08 Å². The van der Waals surface area contributed by atoms with Crippen LogP contribution >= 0.6 is 34.5 Å². The van der Waals surface area contributed by atoms with Gasteiger partial charge < -0.3 is 14.2 Å². The first-order chi connectivity index (χ1) is 17.7. The van der Waals surface area contributed by atoms with Gasteiger partial charge in [-0.2, -0.15) is 0 Å². The molecule has 3 aromatic rings. The average Bonchev–Trinajstić information content (AvgIpc) is 3.14. The number of nitrogens with zero attached hydrogens (tertiary/aromatic N) is 2. The Bertz CT molecular complexity index is 1540. The summed E-state index contributed by atoms with van der Waals surface area (Å²) in [6.07, 6.45) is 1.58. The Morgan fingerprint density at radius 2 is 1.95 bits per heavy atom. The topological polar surface area (TPSA) is 79.1 Å². The summed E-state index contributed by atoms with van der Waals surface area (Å²) in [5.74, 6) is -0.00704. The molecule has 37 heavy (non-hydrogen) atoms. The van der Waals surface area contributed by atoms with E-state index in [2.05, 4.69) is 4.99 Å². The summed E-state index contributed by atoms with van der Waals surface area (Å²) in [5, 5.41) is 0.918. The number of para-hydroxylation sites is 1. The molecule has 194 valence electrons. The first-order valence-corrected chi connectivity index (χ1v) is 13.2. The minimum atomic E-state index is -0.802. The lowest BCUT2D eigenvalue weighted by Gasteiger charge is -2.27. The Morgan fingerprint density at radius 3 is 2.65 bits per heavy atom. The molecule has 0 saturated carbocycles. The molecule has 0 fully saturated rings. The highest BCUT2D eigenvalue weighted by molar-refractivity contribution is 7.07. The van der Waals surface area contributed by atoms with Gasteiger partial charge in [0, 0.05) is 22.7 Å². The van der Waals surface area contributed by atoms with Crippen LogP contribution in [0.15, 0.2) is 63.5 Å². The molecule has 1 aromatic heterocycles. The van der Waals surface area contributed by atoms with Crippen molar-refractivity contribution in [2.24, 2.45) is 4.99 Å². The molecule has 0 bridgehead atoms. The van der Waals surface area contributed by atoms with Crippen LogP contribution in [0.1, 0.15) is 37.9 Å². The zero-order valence-corrected chi connectivity index (χ0v) is 23.1. The molecule has 0 saturated heterocycles. The molecule has 10 heteroatoms. The fraction of sp³-hybridized carbons (Fsp3) is 0.296. The van der Waals surface area contributed by atoms with Crippen molar-refractivity contribution < 1.29 is 19.0 Å². The molecule has 0 unspecified atom stereocenters. The Kier molecular flexibility index (Phi) is 8.54. The number of halogens is 2. The molecule has 0 N–H and O–H groups in total. The van der Waals surface area contributed by atoms with Gasteiger partial charge >= 0.3 is 5.97 Å². The molecule has 0 radical (unpaired) electrons. The second kappa shape index (κ2) is 11.6. The molecule has 0 spiro atoms. The maximum absolute atomic E-state index is 13.8. The number of carbonyl (C=O) groups excluding carboxylic acids is 1. The van der Waals surface area contributed by atoms with Crippen LogP contribution in [0.2, 0.25) is 10.0 Å². The third kappa shape index (κ3) is 5.83. The summed E-state index contributed by atoms with van der Waals surface area (Å²) in [4.78, 5) is 32.2. The maximum Gasteiger partial charge on any atom is 0.338 e. The maximum atomic E-state index is 13.8. The predicted octanol–water partition coefficient (Wildman–Crippen LogP) is 4.52. The summed E-state index contributed by atoms with van der Waals surface area (Å²) in [5.41, 5.74) is 1.71. The quantitative estimate of drug-likeness (QED) is 0.299. The second-order valence-electron chi connectivity index (χ2n) is 8.58. The van der Waals surface area contributed by atoms with Crippen molar-refractivity contribution in [1.29, 1.82) is 0 Å². The molecular weight excluding hydrogens is 535 g/mol. The average molecular weight is 561 g/mol. The number of fused-ring (bicyclic) bond motifs is 1. The molecule has 7 nitrogen and oxygen atoms in total. The number of carbonyl (C=O) groups is 1. The van der Waals surface area contributed by atoms with Crippen molar-refractivity contribution in [3.63, 3.8) is 0 Å². The predicted molar refractivity (Wildman–Crippen MR) is 145 cm³/mol. The number of methoxy groups -OCH3 is 1. The van der Waals surface area contributed by atoms with Crippen LogP contribution in [-0.4, -0.2) is 37.0 Å². The van der Waals surface area contributed by atoms with Crippen LogP contribution in [0.5, 0.6) is 5.75 Å². The summed E-state index contributed by atoms with van der Waals surface area (Å²) < 4.78 is 18.5. The molecule has 2 aromatic carbocycles. The van der Waals surface area contributed by atoms with Crippen LogP contribution in [0, 0.1) is 0 Å². The number of hydrogen-bond donors (Lipinski definition) is 0. The molecule has 1 aliphatic rings. The minimum Gasteiger partial charge on any atom is -0.491 e. The van der Waals surface area contributed by atoms with Crippen molar-refractivity contribution in [2.75, 3.05) is 20.3 Å². The van der Waals surface area contributed by atoms with E-state index >= 15 is 0 Å². The van der Waals surface area contributed by atoms with E-state index in [0.29, 0.717) is 42.0 Å². The number of benzene rings is 2. The van der Waals surface area contributed by atoms with Crippen molar-refractivity contribution in [3.8, 4) is 5.75 Å². The lowest BCUT2D eigenvalue weighted by molar-refractivity contribution is -0.140. The molecule has 2 heterocycles. The van der Waals surface area contributed by atoms with E-state index in [-0.39, 0.29) is 30.5 Å². The van der Waals surface area contributed by atoms with E-state index < -0.39 is 12.0 Å². The summed E-state index contributed by atoms with van der Waals surface area (Å²) in [7, 11) is 1.53. The molecule has 0 aliphatic carbocycles. The van der Waals surface area contributed by atoms with E-state index in [1.807, 2.05) is 38.1 Å². The lowest BCUT2D eigenvalue weighted by atomic mass is 9.95. The third-order valence-electron chi connectivity index (χ3n) is 5.59. The van der Waals surface area contributed by atoms with Gasteiger partial charge in [0.2, 0.25) is 0 Å². The fourth-order valence-electron chi connectivity index (χ4n) is 4.00. The molecule has 0 amide bonds. The number of hydrogen-bond acceptors (Lipinski definition) is 7. The van der Waals surface area contributed by atoms with Crippen molar-refractivity contribution >= 4 is 46.6 Å². The number of allylic oxidation sites excluding steroid dienone is 1. The first kappa shape index (κ1) is 27.1. The van der Waals surface area contributed by atoms with Crippen molar-refractivity contribution in [2.45, 2.75) is 32.9 Å². The van der Waals surface area contributed by atoms with Gasteiger partial charge in [0.1, 0.15) is 18.4 Å². The highest BCUT2D eigenvalue weighted by atomic mass is 35.5. The SMILES string of the molecule is COCCOC(=O)C1=C(C)N=c2s/c(=C/c3ccc(Cl)cc3Cl)c(=O)n2[C@H]1c1ccccc1OC(C)C. The van der Waals surface area contributed by atoms with Gasteiger partial charge in [-0.05, 0) is 50.6 Å². The molecule has 4 rings (SSSR count). The molecule has 1 atom stereocenters. The van der Waals surface area contributed by atoms with Crippen LogP contribution in [0.4, 0.5) is 0 Å². The van der Waals surface area contributed by atoms with E-state index in [9.17, 15) is 9.59 Å². The smallest absolute Gasteiger partial charge is 0.338 e. The minimum absolute atomic E-state index is 0.0719. The zero-order valence-electron chi connectivity index (χ0n) is 20.8. The number of thiazole rings is 1. The van der Waals surface area contributed by atoms with Gasteiger partial charge in [0.15, 0.2) is 4.80 Å². The highest BCUT2D eigenvalue weighted by Crippen LogP contribution is 2.36. The number of rotatable bonds is 8. The Hall–Kier alpha value is -2.91. The van der Waals surface area contributed by atoms with E-state index in [1.165, 1.54) is 23.0 Å². The summed E-state index contributed by atoms with van der Waals surface area (Å²) in [6.45, 7) is 5.89. The van der Waals surface area contributed by atoms with Gasteiger partial charge in [-0.25, -0.2) is 9.79 Å². The van der Waals surface area contributed by atoms with Gasteiger partial charge in [-0.15, -0.1) is 0 Å². The monoisotopic (exact) mass is 560 g/mol. The van der Waals surface area contributed by atoms with Crippen LogP contribution in [-0.2, 0) is 14.3 Å². The van der Waals surface area contributed by atoms with Crippen molar-refractivity contribution in [3.05, 3.63) is 94.6 Å². The summed E-state index contributed by atoms with van der Waals surface area (Å²) in [6, 6.07) is 11.6. The van der Waals surface area contributed by atoms with E-state index in [1.54, 1.807) is 31.2 Å². The lowest BCUT2D eigenvalue weighted by Crippen LogP contribution is -2.40. The van der Waals surface area contributed by atoms with E-state index in [0.717, 1.165) is 0 Å². The highest BCUT2D eigenvalue weighted by Gasteiger charge is 2.35. The third-order valence-corrected chi connectivity index (χ3v) is 7.13. The first-order valence-electron chi connectivity index (χ1n) is 11.6. The zero-order chi connectivity index (χ0) is 26.7. The van der Waals surface area contributed by atoms with Crippen LogP contribution < -0.4 is 19.6 Å². The standard InChI is InChI=1S/C27H26Cl2N2O5S/c1-15(2)36-21-8-6-5-7-19(21)24-23(26(33)35-12-11-34-4)16(3)30-27-31(24)25(32)22(37-27)13-17-9-10-18(28)14-20(17)29/h5-10,13-15,24H,11-12H2,1-4H3/b22-13+/t24-/m0/s1.